The molecule has 0 fully saturated rings. The van der Waals surface area contributed by atoms with Crippen LogP contribution in [0.2, 0.25) is 5.02 Å². The molecular weight excluding hydrogens is 376 g/mol. The van der Waals surface area contributed by atoms with Crippen LogP contribution in [0.5, 0.6) is 11.6 Å². The summed E-state index contributed by atoms with van der Waals surface area (Å²) in [6.07, 6.45) is 6.50. The first-order chi connectivity index (χ1) is 13.7. The number of hydrogen-bond donors (Lipinski definition) is 1. The highest BCUT2D eigenvalue weighted by Gasteiger charge is 2.11. The second-order valence-corrected chi connectivity index (χ2v) is 6.41. The van der Waals surface area contributed by atoms with E-state index in [1.807, 2.05) is 18.2 Å². The highest BCUT2D eigenvalue weighted by molar-refractivity contribution is 6.35. The van der Waals surface area contributed by atoms with Crippen LogP contribution in [0, 0.1) is 0 Å². The van der Waals surface area contributed by atoms with Crippen LogP contribution in [0.1, 0.15) is 5.56 Å². The molecule has 0 aliphatic carbocycles. The lowest BCUT2D eigenvalue weighted by Crippen LogP contribution is -2.14. The second-order valence-electron chi connectivity index (χ2n) is 6.00. The van der Waals surface area contributed by atoms with E-state index in [1.54, 1.807) is 48.9 Å². The smallest absolute Gasteiger partial charge is 0.237 e. The van der Waals surface area contributed by atoms with E-state index in [9.17, 15) is 4.79 Å². The Balaban J connectivity index is 1.49. The monoisotopic (exact) mass is 390 g/mol. The van der Waals surface area contributed by atoms with E-state index in [-0.39, 0.29) is 12.3 Å². The van der Waals surface area contributed by atoms with Gasteiger partial charge in [0.05, 0.1) is 18.1 Å². The summed E-state index contributed by atoms with van der Waals surface area (Å²) in [6, 6.07) is 14.4. The van der Waals surface area contributed by atoms with Gasteiger partial charge in [-0.3, -0.25) is 14.8 Å². The van der Waals surface area contributed by atoms with Gasteiger partial charge in [-0.25, -0.2) is 4.98 Å². The van der Waals surface area contributed by atoms with Gasteiger partial charge >= 0.3 is 0 Å². The molecule has 0 saturated heterocycles. The van der Waals surface area contributed by atoms with Gasteiger partial charge in [0.25, 0.3) is 0 Å². The van der Waals surface area contributed by atoms with Crippen LogP contribution in [0.25, 0.3) is 10.9 Å². The lowest BCUT2D eigenvalue weighted by molar-refractivity contribution is -0.115. The standard InChI is InChI=1S/C21H15ClN4O2/c22-18-7-6-14(21-17(18)5-2-8-25-21)11-19(27)26-15-3-1-4-16(12-15)28-20-13-23-9-10-24-20/h1-10,12-13H,11H2,(H,26,27). The van der Waals surface area contributed by atoms with Gasteiger partial charge in [0, 0.05) is 40.8 Å². The van der Waals surface area contributed by atoms with Crippen LogP contribution >= 0.6 is 11.6 Å². The number of carbonyl (C=O) groups excluding carboxylic acids is 1. The van der Waals surface area contributed by atoms with Crippen LogP contribution in [-0.2, 0) is 11.2 Å². The minimum atomic E-state index is -0.161. The number of benzene rings is 2. The van der Waals surface area contributed by atoms with Crippen molar-refractivity contribution >= 4 is 34.1 Å². The molecule has 2 heterocycles. The zero-order valence-electron chi connectivity index (χ0n) is 14.7. The third-order valence-corrected chi connectivity index (χ3v) is 4.36. The van der Waals surface area contributed by atoms with Gasteiger partial charge in [-0.1, -0.05) is 23.7 Å². The number of anilines is 1. The highest BCUT2D eigenvalue weighted by atomic mass is 35.5. The third-order valence-electron chi connectivity index (χ3n) is 4.03. The number of carbonyl (C=O) groups is 1. The fraction of sp³-hybridized carbons (Fsp3) is 0.0476. The predicted molar refractivity (Wildman–Crippen MR) is 108 cm³/mol. The van der Waals surface area contributed by atoms with Crippen molar-refractivity contribution < 1.29 is 9.53 Å². The van der Waals surface area contributed by atoms with Crippen LogP contribution in [0.3, 0.4) is 0 Å². The average molecular weight is 391 g/mol. The first-order valence-corrected chi connectivity index (χ1v) is 8.93. The Morgan fingerprint density at radius 2 is 1.96 bits per heavy atom. The van der Waals surface area contributed by atoms with Gasteiger partial charge < -0.3 is 10.1 Å². The number of amides is 1. The van der Waals surface area contributed by atoms with E-state index in [4.69, 9.17) is 16.3 Å². The largest absolute Gasteiger partial charge is 0.437 e. The van der Waals surface area contributed by atoms with Crippen LogP contribution in [0.15, 0.2) is 73.3 Å². The fourth-order valence-electron chi connectivity index (χ4n) is 2.81. The second kappa shape index (κ2) is 8.02. The molecule has 0 unspecified atom stereocenters. The average Bonchev–Trinajstić information content (AvgIpc) is 2.71. The molecule has 0 spiro atoms. The van der Waals surface area contributed by atoms with Crippen molar-refractivity contribution in [2.45, 2.75) is 6.42 Å². The highest BCUT2D eigenvalue weighted by Crippen LogP contribution is 2.26. The van der Waals surface area contributed by atoms with Gasteiger partial charge in [0.2, 0.25) is 11.8 Å². The van der Waals surface area contributed by atoms with Crippen LogP contribution in [-0.4, -0.2) is 20.9 Å². The van der Waals surface area contributed by atoms with Crippen molar-refractivity contribution in [1.29, 1.82) is 0 Å². The SMILES string of the molecule is O=C(Cc1ccc(Cl)c2cccnc12)Nc1cccc(Oc2cnccn2)c1. The molecule has 0 radical (unpaired) electrons. The van der Waals surface area contributed by atoms with Gasteiger partial charge in [-0.15, -0.1) is 0 Å². The molecular formula is C21H15ClN4O2. The van der Waals surface area contributed by atoms with E-state index in [1.165, 1.54) is 6.20 Å². The molecule has 6 nitrogen and oxygen atoms in total. The maximum atomic E-state index is 12.5. The van der Waals surface area contributed by atoms with Crippen LogP contribution < -0.4 is 10.1 Å². The number of rotatable bonds is 5. The zero-order valence-corrected chi connectivity index (χ0v) is 15.4. The van der Waals surface area contributed by atoms with Gasteiger partial charge in [0.1, 0.15) is 5.75 Å². The van der Waals surface area contributed by atoms with E-state index in [0.29, 0.717) is 22.3 Å². The molecule has 28 heavy (non-hydrogen) atoms. The molecule has 2 aromatic heterocycles. The zero-order chi connectivity index (χ0) is 19.3. The number of aromatic nitrogens is 3. The summed E-state index contributed by atoms with van der Waals surface area (Å²) in [4.78, 5) is 24.9. The summed E-state index contributed by atoms with van der Waals surface area (Å²) in [5, 5.41) is 4.32. The Hall–Kier alpha value is -3.51. The molecule has 0 atom stereocenters. The summed E-state index contributed by atoms with van der Waals surface area (Å²) in [5.74, 6) is 0.771. The molecule has 138 valence electrons. The third kappa shape index (κ3) is 4.07. The topological polar surface area (TPSA) is 77.0 Å². The van der Waals surface area contributed by atoms with Gasteiger partial charge in [-0.05, 0) is 35.9 Å². The Morgan fingerprint density at radius 1 is 1.04 bits per heavy atom. The minimum absolute atomic E-state index is 0.161. The number of fused-ring (bicyclic) bond motifs is 1. The quantitative estimate of drug-likeness (QED) is 0.536. The summed E-state index contributed by atoms with van der Waals surface area (Å²) in [7, 11) is 0. The molecule has 7 heteroatoms. The Bertz CT molecular complexity index is 1140. The summed E-state index contributed by atoms with van der Waals surface area (Å²) in [6.45, 7) is 0. The van der Waals surface area contributed by atoms with Gasteiger partial charge in [-0.2, -0.15) is 0 Å². The first kappa shape index (κ1) is 17.9. The Labute approximate surface area is 166 Å². The first-order valence-electron chi connectivity index (χ1n) is 8.55. The van der Waals surface area contributed by atoms with Crippen molar-refractivity contribution in [3.05, 3.63) is 83.9 Å². The van der Waals surface area contributed by atoms with E-state index in [0.717, 1.165) is 16.5 Å². The van der Waals surface area contributed by atoms with Crippen molar-refractivity contribution in [3.8, 4) is 11.6 Å². The van der Waals surface area contributed by atoms with Crippen molar-refractivity contribution in [3.63, 3.8) is 0 Å². The molecule has 1 N–H and O–H groups in total. The molecule has 4 aromatic rings. The lowest BCUT2D eigenvalue weighted by atomic mass is 10.1. The summed E-state index contributed by atoms with van der Waals surface area (Å²) in [5.41, 5.74) is 2.16. The minimum Gasteiger partial charge on any atom is -0.437 e. The lowest BCUT2D eigenvalue weighted by Gasteiger charge is -2.10. The van der Waals surface area contributed by atoms with Crippen LogP contribution in [0.4, 0.5) is 5.69 Å². The van der Waals surface area contributed by atoms with Crippen molar-refractivity contribution in [2.75, 3.05) is 5.32 Å². The summed E-state index contributed by atoms with van der Waals surface area (Å²) < 4.78 is 5.64. The van der Waals surface area contributed by atoms with E-state index < -0.39 is 0 Å². The summed E-state index contributed by atoms with van der Waals surface area (Å²) >= 11 is 6.22. The normalized spacial score (nSPS) is 10.6. The number of ether oxygens (including phenoxy) is 1. The molecule has 0 bridgehead atoms. The van der Waals surface area contributed by atoms with Crippen molar-refractivity contribution in [2.24, 2.45) is 0 Å². The Kier molecular flexibility index (Phi) is 5.12. The number of halogens is 1. The van der Waals surface area contributed by atoms with E-state index in [2.05, 4.69) is 20.3 Å². The number of nitrogens with one attached hydrogen (secondary N) is 1. The molecule has 0 aliphatic rings. The maximum absolute atomic E-state index is 12.5. The molecule has 0 saturated carbocycles. The molecule has 4 rings (SSSR count). The predicted octanol–water partition coefficient (Wildman–Crippen LogP) is 4.65. The van der Waals surface area contributed by atoms with Gasteiger partial charge in [0.15, 0.2) is 0 Å². The fourth-order valence-corrected chi connectivity index (χ4v) is 3.03. The number of hydrogen-bond acceptors (Lipinski definition) is 5. The maximum Gasteiger partial charge on any atom is 0.237 e. The van der Waals surface area contributed by atoms with Crippen molar-refractivity contribution in [1.82, 2.24) is 15.0 Å². The Morgan fingerprint density at radius 3 is 2.82 bits per heavy atom. The number of pyridine rings is 1. The molecule has 0 aliphatic heterocycles. The molecule has 1 amide bonds. The molecule has 2 aromatic carbocycles. The number of nitrogens with zero attached hydrogens (tertiary/aromatic N) is 3. The van der Waals surface area contributed by atoms with E-state index >= 15 is 0 Å².